The van der Waals surface area contributed by atoms with Crippen LogP contribution in [-0.2, 0) is 13.1 Å². The summed E-state index contributed by atoms with van der Waals surface area (Å²) in [6, 6.07) is 14.9. The topological polar surface area (TPSA) is 98.7 Å². The fourth-order valence-electron chi connectivity index (χ4n) is 2.95. The van der Waals surface area contributed by atoms with Gasteiger partial charge in [-0.25, -0.2) is 0 Å². The van der Waals surface area contributed by atoms with Crippen LogP contribution in [0.5, 0.6) is 0 Å². The number of rotatable bonds is 6. The maximum atomic E-state index is 12.4. The molecule has 0 saturated heterocycles. The van der Waals surface area contributed by atoms with E-state index in [1.54, 1.807) is 24.4 Å². The largest absolute Gasteiger partial charge is 0.343 e. The number of amides is 1. The molecular weight excluding hydrogens is 368 g/mol. The van der Waals surface area contributed by atoms with E-state index in [4.69, 9.17) is 4.52 Å². The summed E-state index contributed by atoms with van der Waals surface area (Å²) in [5, 5.41) is 11.1. The number of hydrogen-bond donors (Lipinski definition) is 1. The Morgan fingerprint density at radius 1 is 1.14 bits per heavy atom. The predicted molar refractivity (Wildman–Crippen MR) is 106 cm³/mol. The molecular formula is C21H20N6O2. The molecule has 8 nitrogen and oxygen atoms in total. The first-order chi connectivity index (χ1) is 14.1. The van der Waals surface area contributed by atoms with Gasteiger partial charge in [-0.2, -0.15) is 10.1 Å². The second-order valence-electron chi connectivity index (χ2n) is 6.69. The van der Waals surface area contributed by atoms with Crippen molar-refractivity contribution >= 4 is 5.91 Å². The lowest BCUT2D eigenvalue weighted by Crippen LogP contribution is -2.23. The first kappa shape index (κ1) is 18.5. The van der Waals surface area contributed by atoms with Crippen molar-refractivity contribution in [2.75, 3.05) is 0 Å². The zero-order valence-electron chi connectivity index (χ0n) is 16.2. The summed E-state index contributed by atoms with van der Waals surface area (Å²) in [5.74, 6) is 0.503. The molecule has 0 bridgehead atoms. The molecule has 0 spiro atoms. The van der Waals surface area contributed by atoms with E-state index in [-0.39, 0.29) is 12.5 Å². The highest BCUT2D eigenvalue weighted by Gasteiger charge is 2.12. The van der Waals surface area contributed by atoms with E-state index in [0.717, 1.165) is 17.0 Å². The zero-order valence-corrected chi connectivity index (χ0v) is 16.2. The lowest BCUT2D eigenvalue weighted by molar-refractivity contribution is 0.0946. The molecule has 0 fully saturated rings. The molecule has 0 aliphatic heterocycles. The van der Waals surface area contributed by atoms with Gasteiger partial charge in [0.15, 0.2) is 0 Å². The fraction of sp³-hybridized carbons (Fsp3) is 0.190. The van der Waals surface area contributed by atoms with E-state index in [9.17, 15) is 4.79 Å². The van der Waals surface area contributed by atoms with Crippen molar-refractivity contribution in [2.45, 2.75) is 26.9 Å². The van der Waals surface area contributed by atoms with Gasteiger partial charge in [0.05, 0.1) is 18.8 Å². The standard InChI is InChI=1S/C21H20N6O2/c1-14-11-15(2)27(25-14)13-16-6-8-17(9-7-16)21(28)23-12-19-24-20(26-29-19)18-5-3-4-10-22-18/h3-11H,12-13H2,1-2H3,(H,23,28). The van der Waals surface area contributed by atoms with Crippen LogP contribution in [0, 0.1) is 13.8 Å². The third-order valence-corrected chi connectivity index (χ3v) is 4.41. The molecule has 8 heteroatoms. The van der Waals surface area contributed by atoms with Gasteiger partial charge in [0.2, 0.25) is 11.7 Å². The minimum Gasteiger partial charge on any atom is -0.343 e. The Morgan fingerprint density at radius 3 is 2.66 bits per heavy atom. The van der Waals surface area contributed by atoms with Crippen molar-refractivity contribution < 1.29 is 9.32 Å². The number of benzene rings is 1. The summed E-state index contributed by atoms with van der Waals surface area (Å²) in [6.07, 6.45) is 1.66. The second kappa shape index (κ2) is 8.05. The Bertz CT molecular complexity index is 1120. The van der Waals surface area contributed by atoms with Crippen molar-refractivity contribution in [1.29, 1.82) is 0 Å². The fourth-order valence-corrected chi connectivity index (χ4v) is 2.95. The summed E-state index contributed by atoms with van der Waals surface area (Å²) in [7, 11) is 0. The highest BCUT2D eigenvalue weighted by Crippen LogP contribution is 2.12. The first-order valence-corrected chi connectivity index (χ1v) is 9.20. The van der Waals surface area contributed by atoms with Crippen LogP contribution in [0.25, 0.3) is 11.5 Å². The zero-order chi connectivity index (χ0) is 20.2. The van der Waals surface area contributed by atoms with Crippen molar-refractivity contribution in [1.82, 2.24) is 30.2 Å². The first-order valence-electron chi connectivity index (χ1n) is 9.20. The van der Waals surface area contributed by atoms with Crippen LogP contribution in [0.15, 0.2) is 59.3 Å². The average molecular weight is 388 g/mol. The van der Waals surface area contributed by atoms with Gasteiger partial charge in [-0.05, 0) is 49.7 Å². The Labute approximate surface area is 167 Å². The molecule has 29 heavy (non-hydrogen) atoms. The van der Waals surface area contributed by atoms with Gasteiger partial charge in [0.1, 0.15) is 5.69 Å². The van der Waals surface area contributed by atoms with Crippen LogP contribution in [0.4, 0.5) is 0 Å². The summed E-state index contributed by atoms with van der Waals surface area (Å²) in [6.45, 7) is 4.81. The van der Waals surface area contributed by atoms with E-state index in [1.807, 2.05) is 48.9 Å². The monoisotopic (exact) mass is 388 g/mol. The second-order valence-corrected chi connectivity index (χ2v) is 6.69. The van der Waals surface area contributed by atoms with Crippen molar-refractivity contribution in [2.24, 2.45) is 0 Å². The number of nitrogens with one attached hydrogen (secondary N) is 1. The van der Waals surface area contributed by atoms with Crippen molar-refractivity contribution in [3.63, 3.8) is 0 Å². The van der Waals surface area contributed by atoms with Crippen LogP contribution in [0.3, 0.4) is 0 Å². The highest BCUT2D eigenvalue weighted by molar-refractivity contribution is 5.94. The number of pyridine rings is 1. The Kier molecular flexibility index (Phi) is 5.15. The molecule has 0 unspecified atom stereocenters. The molecule has 0 radical (unpaired) electrons. The minimum absolute atomic E-state index is 0.145. The molecule has 3 heterocycles. The Morgan fingerprint density at radius 2 is 1.97 bits per heavy atom. The molecule has 4 aromatic rings. The molecule has 1 amide bonds. The summed E-state index contributed by atoms with van der Waals surface area (Å²) in [4.78, 5) is 20.8. The number of aromatic nitrogens is 5. The number of aryl methyl sites for hydroxylation is 2. The van der Waals surface area contributed by atoms with E-state index in [2.05, 4.69) is 25.5 Å². The van der Waals surface area contributed by atoms with Gasteiger partial charge in [0.25, 0.3) is 5.91 Å². The molecule has 1 aromatic carbocycles. The van der Waals surface area contributed by atoms with E-state index in [0.29, 0.717) is 29.5 Å². The lowest BCUT2D eigenvalue weighted by Gasteiger charge is -2.06. The quantitative estimate of drug-likeness (QED) is 0.545. The predicted octanol–water partition coefficient (Wildman–Crippen LogP) is 2.92. The van der Waals surface area contributed by atoms with Crippen molar-refractivity contribution in [3.05, 3.63) is 83.1 Å². The molecule has 3 aromatic heterocycles. The summed E-state index contributed by atoms with van der Waals surface area (Å²) in [5.41, 5.74) is 4.35. The third-order valence-electron chi connectivity index (χ3n) is 4.41. The summed E-state index contributed by atoms with van der Waals surface area (Å²) < 4.78 is 7.12. The molecule has 0 atom stereocenters. The average Bonchev–Trinajstić information content (AvgIpc) is 3.33. The van der Waals surface area contributed by atoms with Gasteiger partial charge in [-0.1, -0.05) is 23.4 Å². The van der Waals surface area contributed by atoms with Crippen LogP contribution in [-0.4, -0.2) is 30.8 Å². The van der Waals surface area contributed by atoms with E-state index >= 15 is 0 Å². The highest BCUT2D eigenvalue weighted by atomic mass is 16.5. The summed E-state index contributed by atoms with van der Waals surface area (Å²) >= 11 is 0. The van der Waals surface area contributed by atoms with Gasteiger partial charge in [0, 0.05) is 17.5 Å². The van der Waals surface area contributed by atoms with Crippen molar-refractivity contribution in [3.8, 4) is 11.5 Å². The lowest BCUT2D eigenvalue weighted by atomic mass is 10.1. The molecule has 0 aliphatic rings. The third kappa shape index (κ3) is 4.37. The number of hydrogen-bond acceptors (Lipinski definition) is 6. The van der Waals surface area contributed by atoms with Crippen LogP contribution in [0.1, 0.15) is 33.2 Å². The smallest absolute Gasteiger partial charge is 0.251 e. The SMILES string of the molecule is Cc1cc(C)n(Cc2ccc(C(=O)NCc3nc(-c4ccccn4)no3)cc2)n1. The Balaban J connectivity index is 1.35. The molecule has 0 aliphatic carbocycles. The molecule has 0 saturated carbocycles. The Hall–Kier alpha value is -3.81. The van der Waals surface area contributed by atoms with Crippen LogP contribution < -0.4 is 5.32 Å². The van der Waals surface area contributed by atoms with Gasteiger partial charge in [-0.15, -0.1) is 0 Å². The number of nitrogens with zero attached hydrogens (tertiary/aromatic N) is 5. The normalized spacial score (nSPS) is 10.8. The minimum atomic E-state index is -0.208. The maximum Gasteiger partial charge on any atom is 0.251 e. The van der Waals surface area contributed by atoms with E-state index in [1.165, 1.54) is 0 Å². The number of carbonyl (C=O) groups excluding carboxylic acids is 1. The molecule has 1 N–H and O–H groups in total. The maximum absolute atomic E-state index is 12.4. The van der Waals surface area contributed by atoms with Gasteiger partial charge >= 0.3 is 0 Å². The number of carbonyl (C=O) groups is 1. The van der Waals surface area contributed by atoms with E-state index < -0.39 is 0 Å². The van der Waals surface area contributed by atoms with Gasteiger partial charge < -0.3 is 9.84 Å². The molecule has 4 rings (SSSR count). The van der Waals surface area contributed by atoms with Crippen LogP contribution >= 0.6 is 0 Å². The van der Waals surface area contributed by atoms with Crippen LogP contribution in [0.2, 0.25) is 0 Å². The van der Waals surface area contributed by atoms with Gasteiger partial charge in [-0.3, -0.25) is 14.5 Å². The molecule has 146 valence electrons.